The summed E-state index contributed by atoms with van der Waals surface area (Å²) in [6.07, 6.45) is 41.1. The molecule has 0 saturated heterocycles. The third kappa shape index (κ3) is 34.6. The van der Waals surface area contributed by atoms with Crippen molar-refractivity contribution in [3.63, 3.8) is 0 Å². The molecule has 7 heteroatoms. The first kappa shape index (κ1) is 48.1. The van der Waals surface area contributed by atoms with Crippen LogP contribution in [0.25, 0.3) is 0 Å². The van der Waals surface area contributed by atoms with Crippen molar-refractivity contribution < 1.29 is 24.2 Å². The summed E-state index contributed by atoms with van der Waals surface area (Å²) in [5.41, 5.74) is 5.48. The number of hydrogen-bond donors (Lipinski definition) is 3. The van der Waals surface area contributed by atoms with Crippen LogP contribution in [0.5, 0.6) is 0 Å². The largest absolute Gasteiger partial charge is 0.480 e. The molecule has 0 saturated carbocycles. The third-order valence-electron chi connectivity index (χ3n) is 9.83. The van der Waals surface area contributed by atoms with E-state index in [1.807, 2.05) is 0 Å². The fourth-order valence-electron chi connectivity index (χ4n) is 6.56. The molecule has 4 N–H and O–H groups in total. The molecule has 0 aliphatic heterocycles. The van der Waals surface area contributed by atoms with E-state index in [-0.39, 0.29) is 18.0 Å². The van der Waals surface area contributed by atoms with Gasteiger partial charge in [0.05, 0.1) is 0 Å². The highest BCUT2D eigenvalue weighted by atomic mass is 16.5. The summed E-state index contributed by atoms with van der Waals surface area (Å²) in [5.74, 6) is -1.23. The molecule has 50 heavy (non-hydrogen) atoms. The Bertz CT molecular complexity index is 802. The lowest BCUT2D eigenvalue weighted by molar-refractivity contribution is -0.150. The molecule has 0 rings (SSSR count). The van der Waals surface area contributed by atoms with Crippen molar-refractivity contribution in [2.75, 3.05) is 6.54 Å². The predicted molar refractivity (Wildman–Crippen MR) is 211 cm³/mol. The SMILES string of the molecule is CCCCCC/C=C\CCCCCCCC(=O)OC(CCCCCCCCCCCCC)CCCCCCCC(=O)NC(CCCN)C(=O)O. The van der Waals surface area contributed by atoms with Crippen LogP contribution in [0.3, 0.4) is 0 Å². The monoisotopic (exact) mass is 707 g/mol. The molecular weight excluding hydrogens is 624 g/mol. The summed E-state index contributed by atoms with van der Waals surface area (Å²) in [6, 6.07) is -0.854. The number of ether oxygens (including phenoxy) is 1. The number of carboxylic acids is 1. The Morgan fingerprint density at radius 3 is 1.46 bits per heavy atom. The Hall–Kier alpha value is -1.89. The van der Waals surface area contributed by atoms with Gasteiger partial charge in [0.25, 0.3) is 0 Å². The molecule has 1 amide bonds. The fraction of sp³-hybridized carbons (Fsp3) is 0.884. The zero-order chi connectivity index (χ0) is 36.8. The lowest BCUT2D eigenvalue weighted by Gasteiger charge is -2.18. The minimum absolute atomic E-state index is 0.0158. The zero-order valence-corrected chi connectivity index (χ0v) is 33.0. The first-order valence-corrected chi connectivity index (χ1v) is 21.5. The van der Waals surface area contributed by atoms with Crippen LogP contribution >= 0.6 is 0 Å². The smallest absolute Gasteiger partial charge is 0.326 e. The lowest BCUT2D eigenvalue weighted by Crippen LogP contribution is -2.40. The molecule has 294 valence electrons. The molecule has 0 aromatic heterocycles. The summed E-state index contributed by atoms with van der Waals surface area (Å²) < 4.78 is 6.04. The molecule has 7 nitrogen and oxygen atoms in total. The molecule has 0 spiro atoms. The number of esters is 1. The van der Waals surface area contributed by atoms with Crippen LogP contribution in [0.2, 0.25) is 0 Å². The Morgan fingerprint density at radius 2 is 0.980 bits per heavy atom. The summed E-state index contributed by atoms with van der Waals surface area (Å²) in [5, 5.41) is 11.9. The van der Waals surface area contributed by atoms with Crippen molar-refractivity contribution in [1.29, 1.82) is 0 Å². The minimum Gasteiger partial charge on any atom is -0.480 e. The van der Waals surface area contributed by atoms with Crippen LogP contribution in [0.15, 0.2) is 12.2 Å². The normalized spacial score (nSPS) is 12.7. The molecule has 0 bridgehead atoms. The van der Waals surface area contributed by atoms with Gasteiger partial charge in [-0.1, -0.05) is 148 Å². The summed E-state index contributed by atoms with van der Waals surface area (Å²) in [7, 11) is 0. The van der Waals surface area contributed by atoms with E-state index >= 15 is 0 Å². The van der Waals surface area contributed by atoms with Gasteiger partial charge in [0.2, 0.25) is 5.91 Å². The van der Waals surface area contributed by atoms with Crippen LogP contribution < -0.4 is 11.1 Å². The van der Waals surface area contributed by atoms with Crippen LogP contribution in [-0.4, -0.2) is 41.6 Å². The molecule has 0 aliphatic rings. The Morgan fingerprint density at radius 1 is 0.560 bits per heavy atom. The number of nitrogens with two attached hydrogens (primary N) is 1. The van der Waals surface area contributed by atoms with Gasteiger partial charge in [-0.3, -0.25) is 9.59 Å². The molecule has 0 fully saturated rings. The van der Waals surface area contributed by atoms with Gasteiger partial charge in [-0.25, -0.2) is 4.79 Å². The molecule has 0 aromatic carbocycles. The number of nitrogens with one attached hydrogen (secondary N) is 1. The second-order valence-corrected chi connectivity index (χ2v) is 14.8. The first-order valence-electron chi connectivity index (χ1n) is 21.5. The maximum atomic E-state index is 12.8. The van der Waals surface area contributed by atoms with Crippen molar-refractivity contribution in [3.8, 4) is 0 Å². The van der Waals surface area contributed by atoms with E-state index in [0.717, 1.165) is 64.2 Å². The van der Waals surface area contributed by atoms with Crippen LogP contribution in [0, 0.1) is 0 Å². The number of hydrogen-bond acceptors (Lipinski definition) is 5. The van der Waals surface area contributed by atoms with Gasteiger partial charge in [0, 0.05) is 12.8 Å². The average molecular weight is 707 g/mol. The maximum Gasteiger partial charge on any atom is 0.326 e. The molecule has 2 atom stereocenters. The van der Waals surface area contributed by atoms with E-state index in [4.69, 9.17) is 10.5 Å². The molecule has 0 aliphatic carbocycles. The number of unbranched alkanes of at least 4 members (excludes halogenated alkanes) is 23. The minimum atomic E-state index is -1.00. The van der Waals surface area contributed by atoms with Gasteiger partial charge in [0.15, 0.2) is 0 Å². The highest BCUT2D eigenvalue weighted by Crippen LogP contribution is 2.19. The van der Waals surface area contributed by atoms with Crippen molar-refractivity contribution in [3.05, 3.63) is 12.2 Å². The van der Waals surface area contributed by atoms with E-state index < -0.39 is 12.0 Å². The third-order valence-corrected chi connectivity index (χ3v) is 9.83. The van der Waals surface area contributed by atoms with E-state index in [2.05, 4.69) is 31.3 Å². The molecule has 0 heterocycles. The Labute approximate surface area is 309 Å². The highest BCUT2D eigenvalue weighted by molar-refractivity contribution is 5.83. The van der Waals surface area contributed by atoms with Gasteiger partial charge in [-0.05, 0) is 83.6 Å². The van der Waals surface area contributed by atoms with E-state index in [1.165, 1.54) is 122 Å². The number of carboxylic acid groups (broad SMARTS) is 1. The second kappa shape index (κ2) is 38.3. The quantitative estimate of drug-likeness (QED) is 0.0332. The van der Waals surface area contributed by atoms with Crippen LogP contribution in [0.4, 0.5) is 0 Å². The van der Waals surface area contributed by atoms with Gasteiger partial charge < -0.3 is 20.9 Å². The molecule has 2 unspecified atom stereocenters. The first-order chi connectivity index (χ1) is 24.4. The standard InChI is InChI=1S/C43H82N2O5/c1-3-5-7-9-11-13-15-16-18-20-22-27-31-37-42(47)50-39(33-28-24-21-19-17-14-12-10-8-6-4-2)34-29-25-23-26-30-36-41(46)45-40(43(48)49)35-32-38-44/h13,15,39-40H,3-12,14,16-38,44H2,1-2H3,(H,45,46)(H,48,49)/b15-13-. The fourth-order valence-corrected chi connectivity index (χ4v) is 6.56. The number of carbonyl (C=O) groups is 3. The van der Waals surface area contributed by atoms with E-state index in [1.54, 1.807) is 0 Å². The number of aliphatic carboxylic acids is 1. The predicted octanol–water partition coefficient (Wildman–Crippen LogP) is 11.9. The number of carbonyl (C=O) groups excluding carboxylic acids is 2. The molecular formula is C43H82N2O5. The van der Waals surface area contributed by atoms with Crippen molar-refractivity contribution in [2.24, 2.45) is 5.73 Å². The number of amides is 1. The lowest BCUT2D eigenvalue weighted by atomic mass is 10.0. The molecule has 0 radical (unpaired) electrons. The topological polar surface area (TPSA) is 119 Å². The Kier molecular flexibility index (Phi) is 36.9. The van der Waals surface area contributed by atoms with Crippen LogP contribution in [0.1, 0.15) is 226 Å². The number of rotatable bonds is 39. The van der Waals surface area contributed by atoms with Gasteiger partial charge >= 0.3 is 11.9 Å². The maximum absolute atomic E-state index is 12.8. The summed E-state index contributed by atoms with van der Waals surface area (Å²) in [4.78, 5) is 36.3. The molecule has 0 aromatic rings. The second-order valence-electron chi connectivity index (χ2n) is 14.8. The summed E-state index contributed by atoms with van der Waals surface area (Å²) >= 11 is 0. The average Bonchev–Trinajstić information content (AvgIpc) is 3.10. The van der Waals surface area contributed by atoms with Gasteiger partial charge in [-0.15, -0.1) is 0 Å². The Balaban J connectivity index is 4.30. The van der Waals surface area contributed by atoms with Crippen molar-refractivity contribution in [2.45, 2.75) is 238 Å². The van der Waals surface area contributed by atoms with Crippen molar-refractivity contribution >= 4 is 17.8 Å². The van der Waals surface area contributed by atoms with Gasteiger partial charge in [-0.2, -0.15) is 0 Å². The van der Waals surface area contributed by atoms with Crippen LogP contribution in [-0.2, 0) is 19.1 Å². The number of allylic oxidation sites excluding steroid dienone is 2. The van der Waals surface area contributed by atoms with Crippen molar-refractivity contribution in [1.82, 2.24) is 5.32 Å². The highest BCUT2D eigenvalue weighted by Gasteiger charge is 2.19. The van der Waals surface area contributed by atoms with E-state index in [0.29, 0.717) is 32.2 Å². The van der Waals surface area contributed by atoms with Gasteiger partial charge in [0.1, 0.15) is 12.1 Å². The zero-order valence-electron chi connectivity index (χ0n) is 33.0. The summed E-state index contributed by atoms with van der Waals surface area (Å²) in [6.45, 7) is 4.94. The van der Waals surface area contributed by atoms with E-state index in [9.17, 15) is 19.5 Å².